The zero-order valence-corrected chi connectivity index (χ0v) is 9.43. The molecule has 5 nitrogen and oxygen atoms in total. The van der Waals surface area contributed by atoms with Gasteiger partial charge in [0.15, 0.2) is 0 Å². The Morgan fingerprint density at radius 3 is 2.72 bits per heavy atom. The van der Waals surface area contributed by atoms with Crippen molar-refractivity contribution in [1.29, 1.82) is 0 Å². The molecule has 6 heteroatoms. The van der Waals surface area contributed by atoms with Crippen LogP contribution < -0.4 is 5.73 Å². The summed E-state index contributed by atoms with van der Waals surface area (Å²) >= 11 is 0. The number of hydrogen-bond donors (Lipinski definition) is 3. The average Bonchev–Trinajstić information content (AvgIpc) is 2.78. The summed E-state index contributed by atoms with van der Waals surface area (Å²) in [6, 6.07) is 4.87. The predicted octanol–water partition coefficient (Wildman–Crippen LogP) is 1.17. The number of carbonyl (C=O) groups is 1. The number of rotatable bonds is 4. The number of aliphatic carboxylic acids is 1. The summed E-state index contributed by atoms with van der Waals surface area (Å²) in [6.45, 7) is 0. The molecule has 18 heavy (non-hydrogen) atoms. The quantitative estimate of drug-likeness (QED) is 0.758. The van der Waals surface area contributed by atoms with Gasteiger partial charge in [0, 0.05) is 12.0 Å². The molecule has 1 atom stereocenters. The van der Waals surface area contributed by atoms with Crippen molar-refractivity contribution in [3.63, 3.8) is 0 Å². The van der Waals surface area contributed by atoms with Gasteiger partial charge in [0.25, 0.3) is 0 Å². The van der Waals surface area contributed by atoms with Crippen LogP contribution in [0.4, 0.5) is 4.39 Å². The van der Waals surface area contributed by atoms with Crippen LogP contribution in [0.3, 0.4) is 0 Å². The average molecular weight is 249 g/mol. The van der Waals surface area contributed by atoms with Gasteiger partial charge in [-0.1, -0.05) is 0 Å². The van der Waals surface area contributed by atoms with E-state index in [1.807, 2.05) is 0 Å². The normalized spacial score (nSPS) is 12.3. The number of aromatic nitrogens is 2. The van der Waals surface area contributed by atoms with Crippen LogP contribution in [-0.2, 0) is 11.2 Å². The third-order valence-corrected chi connectivity index (χ3v) is 2.61. The second-order valence-corrected chi connectivity index (χ2v) is 3.93. The lowest BCUT2D eigenvalue weighted by molar-refractivity contribution is -0.138. The molecule has 0 spiro atoms. The lowest BCUT2D eigenvalue weighted by Gasteiger charge is -2.06. The van der Waals surface area contributed by atoms with E-state index in [0.29, 0.717) is 11.3 Å². The molecule has 2 rings (SSSR count). The molecule has 0 fully saturated rings. The molecule has 0 amide bonds. The molecule has 1 aromatic heterocycles. The van der Waals surface area contributed by atoms with Gasteiger partial charge in [-0.2, -0.15) is 5.10 Å². The minimum Gasteiger partial charge on any atom is -0.480 e. The molecule has 2 aromatic rings. The Kier molecular flexibility index (Phi) is 3.38. The van der Waals surface area contributed by atoms with E-state index in [9.17, 15) is 9.18 Å². The SMILES string of the molecule is NC(Cc1cn[nH]c1-c1ccc(F)cc1)C(=O)O. The maximum absolute atomic E-state index is 12.8. The van der Waals surface area contributed by atoms with Crippen molar-refractivity contribution >= 4 is 5.97 Å². The van der Waals surface area contributed by atoms with Crippen LogP contribution in [-0.4, -0.2) is 27.3 Å². The molecule has 0 radical (unpaired) electrons. The van der Waals surface area contributed by atoms with Gasteiger partial charge < -0.3 is 10.8 Å². The standard InChI is InChI=1S/C12H12FN3O2/c13-9-3-1-7(2-4-9)11-8(6-15-16-11)5-10(14)12(17)18/h1-4,6,10H,5,14H2,(H,15,16)(H,17,18). The van der Waals surface area contributed by atoms with Gasteiger partial charge in [0.1, 0.15) is 11.9 Å². The predicted molar refractivity (Wildman–Crippen MR) is 63.3 cm³/mol. The largest absolute Gasteiger partial charge is 0.480 e. The summed E-state index contributed by atoms with van der Waals surface area (Å²) in [5.74, 6) is -1.40. The van der Waals surface area contributed by atoms with Gasteiger partial charge in [-0.25, -0.2) is 4.39 Å². The van der Waals surface area contributed by atoms with Crippen LogP contribution in [0.5, 0.6) is 0 Å². The van der Waals surface area contributed by atoms with Crippen LogP contribution in [0.1, 0.15) is 5.56 Å². The zero-order chi connectivity index (χ0) is 13.1. The molecule has 0 aliphatic heterocycles. The molecule has 4 N–H and O–H groups in total. The number of benzene rings is 1. The van der Waals surface area contributed by atoms with Crippen molar-refractivity contribution in [2.75, 3.05) is 0 Å². The summed E-state index contributed by atoms with van der Waals surface area (Å²) in [7, 11) is 0. The molecule has 1 aromatic carbocycles. The van der Waals surface area contributed by atoms with E-state index >= 15 is 0 Å². The Labute approximate surface area is 102 Å². The lowest BCUT2D eigenvalue weighted by Crippen LogP contribution is -2.32. The van der Waals surface area contributed by atoms with Crippen LogP contribution in [0, 0.1) is 5.82 Å². The Balaban J connectivity index is 2.27. The summed E-state index contributed by atoms with van der Waals surface area (Å²) in [5, 5.41) is 15.4. The maximum Gasteiger partial charge on any atom is 0.320 e. The van der Waals surface area contributed by atoms with E-state index in [0.717, 1.165) is 5.56 Å². The molecule has 1 heterocycles. The number of H-pyrrole nitrogens is 1. The Bertz CT molecular complexity index is 551. The van der Waals surface area contributed by atoms with Crippen molar-refractivity contribution in [2.24, 2.45) is 5.73 Å². The van der Waals surface area contributed by atoms with E-state index in [2.05, 4.69) is 10.2 Å². The van der Waals surface area contributed by atoms with Gasteiger partial charge in [-0.15, -0.1) is 0 Å². The minimum atomic E-state index is -1.07. The van der Waals surface area contributed by atoms with Gasteiger partial charge >= 0.3 is 5.97 Å². The third kappa shape index (κ3) is 2.54. The summed E-state index contributed by atoms with van der Waals surface area (Å²) in [4.78, 5) is 10.7. The van der Waals surface area contributed by atoms with Crippen molar-refractivity contribution in [2.45, 2.75) is 12.5 Å². The third-order valence-electron chi connectivity index (χ3n) is 2.61. The molecule has 0 aliphatic rings. The first kappa shape index (κ1) is 12.3. The fourth-order valence-corrected chi connectivity index (χ4v) is 1.66. The van der Waals surface area contributed by atoms with E-state index in [-0.39, 0.29) is 12.2 Å². The van der Waals surface area contributed by atoms with Crippen LogP contribution >= 0.6 is 0 Å². The first-order valence-corrected chi connectivity index (χ1v) is 5.34. The Morgan fingerprint density at radius 2 is 2.11 bits per heavy atom. The van der Waals surface area contributed by atoms with E-state index in [4.69, 9.17) is 10.8 Å². The fraction of sp³-hybridized carbons (Fsp3) is 0.167. The van der Waals surface area contributed by atoms with Gasteiger partial charge in [-0.05, 0) is 29.8 Å². The van der Waals surface area contributed by atoms with E-state index in [1.165, 1.54) is 18.3 Å². The Hall–Kier alpha value is -2.21. The van der Waals surface area contributed by atoms with E-state index < -0.39 is 12.0 Å². The van der Waals surface area contributed by atoms with Crippen molar-refractivity contribution in [1.82, 2.24) is 10.2 Å². The monoisotopic (exact) mass is 249 g/mol. The van der Waals surface area contributed by atoms with Gasteiger partial charge in [0.2, 0.25) is 0 Å². The number of hydrogen-bond acceptors (Lipinski definition) is 3. The molecular weight excluding hydrogens is 237 g/mol. The van der Waals surface area contributed by atoms with Crippen molar-refractivity contribution in [3.05, 3.63) is 41.8 Å². The number of aromatic amines is 1. The number of carboxylic acid groups (broad SMARTS) is 1. The molecular formula is C12H12FN3O2. The number of carboxylic acids is 1. The maximum atomic E-state index is 12.8. The van der Waals surface area contributed by atoms with Crippen LogP contribution in [0.25, 0.3) is 11.3 Å². The summed E-state index contributed by atoms with van der Waals surface area (Å²) in [6.07, 6.45) is 1.69. The van der Waals surface area contributed by atoms with Crippen LogP contribution in [0.2, 0.25) is 0 Å². The number of nitrogens with zero attached hydrogens (tertiary/aromatic N) is 1. The zero-order valence-electron chi connectivity index (χ0n) is 9.43. The van der Waals surface area contributed by atoms with Gasteiger partial charge in [-0.3, -0.25) is 9.89 Å². The summed E-state index contributed by atoms with van der Waals surface area (Å²) in [5.41, 5.74) is 7.57. The molecule has 0 saturated carbocycles. The number of nitrogens with two attached hydrogens (primary N) is 1. The highest BCUT2D eigenvalue weighted by Gasteiger charge is 2.16. The number of halogens is 1. The Morgan fingerprint density at radius 1 is 1.44 bits per heavy atom. The topological polar surface area (TPSA) is 92.0 Å². The summed E-state index contributed by atoms with van der Waals surface area (Å²) < 4.78 is 12.8. The highest BCUT2D eigenvalue weighted by molar-refractivity contribution is 5.74. The highest BCUT2D eigenvalue weighted by atomic mass is 19.1. The second-order valence-electron chi connectivity index (χ2n) is 3.93. The second kappa shape index (κ2) is 4.97. The minimum absolute atomic E-state index is 0.165. The molecule has 0 saturated heterocycles. The smallest absolute Gasteiger partial charge is 0.320 e. The first-order valence-electron chi connectivity index (χ1n) is 5.34. The van der Waals surface area contributed by atoms with Crippen molar-refractivity contribution in [3.8, 4) is 11.3 Å². The van der Waals surface area contributed by atoms with Crippen LogP contribution in [0.15, 0.2) is 30.5 Å². The molecule has 0 aliphatic carbocycles. The number of nitrogens with one attached hydrogen (secondary N) is 1. The molecule has 1 unspecified atom stereocenters. The fourth-order valence-electron chi connectivity index (χ4n) is 1.66. The molecule has 0 bridgehead atoms. The lowest BCUT2D eigenvalue weighted by atomic mass is 10.0. The molecule has 94 valence electrons. The van der Waals surface area contributed by atoms with Gasteiger partial charge in [0.05, 0.1) is 11.9 Å². The van der Waals surface area contributed by atoms with E-state index in [1.54, 1.807) is 12.1 Å². The highest BCUT2D eigenvalue weighted by Crippen LogP contribution is 2.22. The first-order chi connectivity index (χ1) is 8.58. The van der Waals surface area contributed by atoms with Crippen molar-refractivity contribution < 1.29 is 14.3 Å².